The number of amides is 1. The van der Waals surface area contributed by atoms with E-state index in [-0.39, 0.29) is 24.7 Å². The molecular formula is C23H37N2O6P. The van der Waals surface area contributed by atoms with Gasteiger partial charge in [-0.15, -0.1) is 0 Å². The Kier molecular flexibility index (Phi) is 11.4. The average molecular weight is 469 g/mol. The van der Waals surface area contributed by atoms with Gasteiger partial charge in [0.1, 0.15) is 5.78 Å². The Labute approximate surface area is 190 Å². The van der Waals surface area contributed by atoms with Crippen LogP contribution in [0, 0.1) is 5.92 Å². The third-order valence-electron chi connectivity index (χ3n) is 5.96. The van der Waals surface area contributed by atoms with Gasteiger partial charge in [0.2, 0.25) is 5.91 Å². The number of carbonyl (C=O) groups excluding carboxylic acids is 1. The smallest absolute Gasteiger partial charge is 0.351 e. The van der Waals surface area contributed by atoms with Crippen molar-refractivity contribution in [2.24, 2.45) is 11.7 Å². The summed E-state index contributed by atoms with van der Waals surface area (Å²) in [6.45, 7) is 0.408. The molecule has 1 aromatic carbocycles. The average Bonchev–Trinajstić information content (AvgIpc) is 3.05. The zero-order valence-electron chi connectivity index (χ0n) is 18.7. The lowest BCUT2D eigenvalue weighted by Crippen LogP contribution is -2.41. The summed E-state index contributed by atoms with van der Waals surface area (Å²) in [6, 6.07) is 9.54. The van der Waals surface area contributed by atoms with E-state index in [2.05, 4.69) is 5.32 Å². The summed E-state index contributed by atoms with van der Waals surface area (Å²) in [5.74, 6) is -2.96. The third-order valence-corrected chi connectivity index (χ3v) is 7.77. The Bertz CT molecular complexity index is 752. The van der Waals surface area contributed by atoms with Crippen molar-refractivity contribution in [3.8, 4) is 0 Å². The molecule has 0 aromatic heterocycles. The molecule has 2 rings (SSSR count). The molecule has 0 heterocycles. The summed E-state index contributed by atoms with van der Waals surface area (Å²) in [5, 5.41) is 12.2. The maximum Gasteiger partial charge on any atom is 0.351 e. The van der Waals surface area contributed by atoms with Crippen LogP contribution in [0.15, 0.2) is 30.3 Å². The molecule has 1 amide bonds. The van der Waals surface area contributed by atoms with Crippen molar-refractivity contribution in [2.75, 3.05) is 6.54 Å². The van der Waals surface area contributed by atoms with Crippen molar-refractivity contribution >= 4 is 19.5 Å². The maximum absolute atomic E-state index is 13.3. The number of nitrogens with two attached hydrogens (primary N) is 1. The highest BCUT2D eigenvalue weighted by molar-refractivity contribution is 7.53. The number of carboxylic acids is 1. The van der Waals surface area contributed by atoms with E-state index in [1.165, 1.54) is 0 Å². The van der Waals surface area contributed by atoms with Gasteiger partial charge in [-0.05, 0) is 56.6 Å². The van der Waals surface area contributed by atoms with Gasteiger partial charge in [-0.3, -0.25) is 13.9 Å². The number of hydrogen-bond donors (Lipinski definition) is 4. The van der Waals surface area contributed by atoms with Crippen molar-refractivity contribution in [1.29, 1.82) is 0 Å². The highest BCUT2D eigenvalue weighted by Gasteiger charge is 2.42. The fraction of sp³-hybridized carbons (Fsp3) is 0.652. The van der Waals surface area contributed by atoms with Gasteiger partial charge in [-0.2, -0.15) is 0 Å². The number of unbranched alkanes of at least 4 members (excludes halogenated alkanes) is 1. The first-order valence-electron chi connectivity index (χ1n) is 11.6. The zero-order chi connectivity index (χ0) is 23.4. The minimum Gasteiger partial charge on any atom is -0.479 e. The minimum absolute atomic E-state index is 0.0937. The van der Waals surface area contributed by atoms with Gasteiger partial charge in [0.15, 0.2) is 6.10 Å². The van der Waals surface area contributed by atoms with Gasteiger partial charge in [0.05, 0.1) is 0 Å². The summed E-state index contributed by atoms with van der Waals surface area (Å²) >= 11 is 0. The molecular weight excluding hydrogens is 431 g/mol. The number of carboxylic acid groups (broad SMARTS) is 1. The molecule has 9 heteroatoms. The van der Waals surface area contributed by atoms with E-state index in [0.717, 1.165) is 31.2 Å². The summed E-state index contributed by atoms with van der Waals surface area (Å²) in [6.07, 6.45) is 5.73. The van der Waals surface area contributed by atoms with E-state index in [0.29, 0.717) is 38.6 Å². The van der Waals surface area contributed by atoms with Gasteiger partial charge < -0.3 is 21.1 Å². The maximum atomic E-state index is 13.3. The largest absolute Gasteiger partial charge is 0.479 e. The Morgan fingerprint density at radius 2 is 1.78 bits per heavy atom. The molecule has 0 aliphatic heterocycles. The van der Waals surface area contributed by atoms with Gasteiger partial charge in [0.25, 0.3) is 0 Å². The summed E-state index contributed by atoms with van der Waals surface area (Å²) in [4.78, 5) is 35.2. The molecule has 1 aromatic rings. The van der Waals surface area contributed by atoms with Gasteiger partial charge in [0, 0.05) is 6.42 Å². The summed E-state index contributed by atoms with van der Waals surface area (Å²) in [7, 11) is -4.44. The van der Waals surface area contributed by atoms with Crippen LogP contribution in [0.4, 0.5) is 0 Å². The second kappa shape index (κ2) is 13.7. The van der Waals surface area contributed by atoms with Gasteiger partial charge in [-0.1, -0.05) is 56.0 Å². The van der Waals surface area contributed by atoms with Crippen LogP contribution < -0.4 is 11.1 Å². The molecule has 1 saturated carbocycles. The minimum atomic E-state index is -4.44. The van der Waals surface area contributed by atoms with Crippen LogP contribution in [-0.4, -0.2) is 40.3 Å². The van der Waals surface area contributed by atoms with Gasteiger partial charge >= 0.3 is 13.6 Å². The molecule has 1 fully saturated rings. The van der Waals surface area contributed by atoms with E-state index < -0.39 is 25.5 Å². The Balaban J connectivity index is 2.11. The number of carbonyl (C=O) groups is 2. The Morgan fingerprint density at radius 1 is 1.12 bits per heavy atom. The van der Waals surface area contributed by atoms with E-state index in [1.54, 1.807) is 0 Å². The Morgan fingerprint density at radius 3 is 2.38 bits per heavy atom. The fourth-order valence-electron chi connectivity index (χ4n) is 4.18. The standard InChI is InChI=1S/C23H37N2O6P/c24-17-9-8-14-20(23(27)28)31-32(29,30)22(19-12-6-1-2-7-13-19)25-21(26)16-15-18-10-4-3-5-11-18/h3-5,10-11,19-20,22H,1-2,6-9,12-17,24H2,(H,25,26)(H,27,28)(H,29,30)/t20-,22?/m1/s1. The predicted octanol–water partition coefficient (Wildman–Crippen LogP) is 3.82. The van der Waals surface area contributed by atoms with Crippen LogP contribution in [0.1, 0.15) is 69.8 Å². The first-order chi connectivity index (χ1) is 15.3. The molecule has 0 saturated heterocycles. The highest BCUT2D eigenvalue weighted by Crippen LogP contribution is 2.53. The van der Waals surface area contributed by atoms with Crippen molar-refractivity contribution in [3.05, 3.63) is 35.9 Å². The third kappa shape index (κ3) is 9.02. The highest BCUT2D eigenvalue weighted by atomic mass is 31.2. The van der Waals surface area contributed by atoms with E-state index >= 15 is 0 Å². The molecule has 0 radical (unpaired) electrons. The normalized spacial score (nSPS) is 18.8. The second-order valence-electron chi connectivity index (χ2n) is 8.53. The van der Waals surface area contributed by atoms with Crippen molar-refractivity contribution in [1.82, 2.24) is 5.32 Å². The van der Waals surface area contributed by atoms with Crippen molar-refractivity contribution < 1.29 is 28.7 Å². The molecule has 0 spiro atoms. The van der Waals surface area contributed by atoms with Crippen LogP contribution in [0.5, 0.6) is 0 Å². The Hall–Kier alpha value is -1.73. The molecule has 0 bridgehead atoms. The zero-order valence-corrected chi connectivity index (χ0v) is 19.6. The van der Waals surface area contributed by atoms with Crippen LogP contribution in [0.2, 0.25) is 0 Å². The summed E-state index contributed by atoms with van der Waals surface area (Å²) < 4.78 is 18.6. The van der Waals surface area contributed by atoms with E-state index in [9.17, 15) is 24.2 Å². The molecule has 32 heavy (non-hydrogen) atoms. The number of hydrogen-bond acceptors (Lipinski definition) is 5. The van der Waals surface area contributed by atoms with Crippen molar-refractivity contribution in [3.63, 3.8) is 0 Å². The van der Waals surface area contributed by atoms with Crippen LogP contribution in [0.3, 0.4) is 0 Å². The lowest BCUT2D eigenvalue weighted by Gasteiger charge is -2.31. The van der Waals surface area contributed by atoms with Crippen LogP contribution >= 0.6 is 7.60 Å². The van der Waals surface area contributed by atoms with E-state index in [1.807, 2.05) is 30.3 Å². The molecule has 2 unspecified atom stereocenters. The van der Waals surface area contributed by atoms with E-state index in [4.69, 9.17) is 10.3 Å². The van der Waals surface area contributed by atoms with Crippen LogP contribution in [0.25, 0.3) is 0 Å². The molecule has 1 aliphatic carbocycles. The molecule has 1 aliphatic rings. The molecule has 3 atom stereocenters. The number of aliphatic carboxylic acids is 1. The number of rotatable bonds is 13. The second-order valence-corrected chi connectivity index (χ2v) is 10.4. The lowest BCUT2D eigenvalue weighted by molar-refractivity contribution is -0.145. The number of nitrogens with one attached hydrogen (secondary N) is 1. The lowest BCUT2D eigenvalue weighted by atomic mass is 10.00. The predicted molar refractivity (Wildman–Crippen MR) is 123 cm³/mol. The first-order valence-corrected chi connectivity index (χ1v) is 13.2. The monoisotopic (exact) mass is 468 g/mol. The van der Waals surface area contributed by atoms with Crippen molar-refractivity contribution in [2.45, 2.75) is 82.5 Å². The topological polar surface area (TPSA) is 139 Å². The number of benzene rings is 1. The quantitative estimate of drug-likeness (QED) is 0.196. The first kappa shape index (κ1) is 26.5. The molecule has 8 nitrogen and oxygen atoms in total. The SMILES string of the molecule is NCCCC[C@@H](OP(=O)(O)C(NC(=O)CCc1ccccc1)C1CCCCCC1)C(=O)O. The summed E-state index contributed by atoms with van der Waals surface area (Å²) in [5.41, 5.74) is 6.47. The molecule has 180 valence electrons. The fourth-order valence-corrected chi connectivity index (χ4v) is 6.00. The molecule has 5 N–H and O–H groups in total. The van der Waals surface area contributed by atoms with Crippen LogP contribution in [-0.2, 0) is 25.1 Å². The van der Waals surface area contributed by atoms with Gasteiger partial charge in [-0.25, -0.2) is 4.79 Å². The number of aryl methyl sites for hydroxylation is 1.